The molecule has 1 atom stereocenters. The highest BCUT2D eigenvalue weighted by molar-refractivity contribution is 5.96. The maximum atomic E-state index is 12.0. The van der Waals surface area contributed by atoms with E-state index in [0.717, 1.165) is 0 Å². The van der Waals surface area contributed by atoms with Crippen LogP contribution >= 0.6 is 0 Å². The van der Waals surface area contributed by atoms with Crippen molar-refractivity contribution in [2.45, 2.75) is 13.0 Å². The van der Waals surface area contributed by atoms with Gasteiger partial charge >= 0.3 is 0 Å². The molecule has 0 spiro atoms. The number of carbonyl (C=O) groups is 1. The molecular weight excluding hydrogens is 206 g/mol. The van der Waals surface area contributed by atoms with E-state index in [9.17, 15) is 4.79 Å². The van der Waals surface area contributed by atoms with E-state index in [0.29, 0.717) is 18.0 Å². The van der Waals surface area contributed by atoms with Crippen LogP contribution in [0.25, 0.3) is 0 Å². The fourth-order valence-electron chi connectivity index (χ4n) is 1.44. The maximum Gasteiger partial charge on any atom is 0.259 e. The molecule has 0 aliphatic carbocycles. The van der Waals surface area contributed by atoms with Crippen LogP contribution in [0.5, 0.6) is 5.88 Å². The summed E-state index contributed by atoms with van der Waals surface area (Å²) in [5.74, 6) is 0.200. The van der Waals surface area contributed by atoms with Gasteiger partial charge in [0.1, 0.15) is 5.56 Å². The minimum absolute atomic E-state index is 0.0587. The molecule has 0 aromatic carbocycles. The molecule has 88 valence electrons. The third-order valence-electron chi connectivity index (χ3n) is 2.10. The number of pyridine rings is 1. The minimum atomic E-state index is -0.137. The van der Waals surface area contributed by atoms with Crippen LogP contribution in [0.1, 0.15) is 17.3 Å². The summed E-state index contributed by atoms with van der Waals surface area (Å²) < 4.78 is 5.03. The molecule has 0 fully saturated rings. The van der Waals surface area contributed by atoms with Crippen molar-refractivity contribution < 1.29 is 9.53 Å². The van der Waals surface area contributed by atoms with Gasteiger partial charge in [-0.2, -0.15) is 0 Å². The topological polar surface area (TPSA) is 68.5 Å². The number of methoxy groups -OCH3 is 1. The quantitative estimate of drug-likeness (QED) is 0.807. The molecule has 5 nitrogen and oxygen atoms in total. The van der Waals surface area contributed by atoms with Crippen molar-refractivity contribution in [2.24, 2.45) is 5.73 Å². The standard InChI is InChI=1S/C11H17N3O2/c1-8(12)7-14(2)11(15)9-5-4-6-13-10(9)16-3/h4-6,8H,7,12H2,1-3H3. The Morgan fingerprint density at radius 1 is 1.69 bits per heavy atom. The summed E-state index contributed by atoms with van der Waals surface area (Å²) in [5, 5.41) is 0. The summed E-state index contributed by atoms with van der Waals surface area (Å²) in [4.78, 5) is 17.5. The summed E-state index contributed by atoms with van der Waals surface area (Å²) in [6, 6.07) is 3.33. The van der Waals surface area contributed by atoms with Gasteiger partial charge in [0.2, 0.25) is 5.88 Å². The number of aromatic nitrogens is 1. The van der Waals surface area contributed by atoms with E-state index in [2.05, 4.69) is 4.98 Å². The lowest BCUT2D eigenvalue weighted by Crippen LogP contribution is -2.37. The molecule has 16 heavy (non-hydrogen) atoms. The predicted molar refractivity (Wildman–Crippen MR) is 61.4 cm³/mol. The molecule has 2 N–H and O–H groups in total. The Balaban J connectivity index is 2.87. The van der Waals surface area contributed by atoms with Gasteiger partial charge < -0.3 is 15.4 Å². The van der Waals surface area contributed by atoms with Crippen molar-refractivity contribution in [3.05, 3.63) is 23.9 Å². The molecule has 0 saturated carbocycles. The SMILES string of the molecule is COc1ncccc1C(=O)N(C)CC(C)N. The van der Waals surface area contributed by atoms with Crippen molar-refractivity contribution in [1.82, 2.24) is 9.88 Å². The van der Waals surface area contributed by atoms with Crippen molar-refractivity contribution in [1.29, 1.82) is 0 Å². The van der Waals surface area contributed by atoms with Crippen molar-refractivity contribution in [2.75, 3.05) is 20.7 Å². The molecule has 0 aliphatic heterocycles. The summed E-state index contributed by atoms with van der Waals surface area (Å²) in [6.07, 6.45) is 1.58. The lowest BCUT2D eigenvalue weighted by Gasteiger charge is -2.19. The Kier molecular flexibility index (Phi) is 4.25. The number of nitrogens with two attached hydrogens (primary N) is 1. The molecule has 1 heterocycles. The monoisotopic (exact) mass is 223 g/mol. The first-order chi connectivity index (χ1) is 7.56. The number of hydrogen-bond acceptors (Lipinski definition) is 4. The van der Waals surface area contributed by atoms with E-state index in [4.69, 9.17) is 10.5 Å². The van der Waals surface area contributed by atoms with Crippen molar-refractivity contribution >= 4 is 5.91 Å². The van der Waals surface area contributed by atoms with E-state index in [1.165, 1.54) is 7.11 Å². The van der Waals surface area contributed by atoms with Gasteiger partial charge in [0.25, 0.3) is 5.91 Å². The van der Waals surface area contributed by atoms with E-state index in [1.54, 1.807) is 30.3 Å². The molecule has 0 saturated heterocycles. The van der Waals surface area contributed by atoms with Gasteiger partial charge in [0.15, 0.2) is 0 Å². The highest BCUT2D eigenvalue weighted by Crippen LogP contribution is 2.15. The number of likely N-dealkylation sites (N-methyl/N-ethyl adjacent to an activating group) is 1. The Morgan fingerprint density at radius 3 is 2.94 bits per heavy atom. The van der Waals surface area contributed by atoms with Gasteiger partial charge in [-0.05, 0) is 19.1 Å². The average Bonchev–Trinajstić information content (AvgIpc) is 2.27. The smallest absolute Gasteiger partial charge is 0.259 e. The third-order valence-corrected chi connectivity index (χ3v) is 2.10. The lowest BCUT2D eigenvalue weighted by molar-refractivity contribution is 0.0784. The molecule has 5 heteroatoms. The first kappa shape index (κ1) is 12.4. The zero-order valence-corrected chi connectivity index (χ0v) is 9.80. The predicted octanol–water partition coefficient (Wildman–Crippen LogP) is 0.509. The molecule has 1 aromatic heterocycles. The van der Waals surface area contributed by atoms with Gasteiger partial charge in [0.05, 0.1) is 7.11 Å². The summed E-state index contributed by atoms with van der Waals surface area (Å²) >= 11 is 0. The van der Waals surface area contributed by atoms with Crippen molar-refractivity contribution in [3.63, 3.8) is 0 Å². The van der Waals surface area contributed by atoms with Crippen LogP contribution in [0.3, 0.4) is 0 Å². The number of nitrogens with zero attached hydrogens (tertiary/aromatic N) is 2. The van der Waals surface area contributed by atoms with Gasteiger partial charge in [-0.1, -0.05) is 0 Å². The lowest BCUT2D eigenvalue weighted by atomic mass is 10.2. The van der Waals surface area contributed by atoms with Gasteiger partial charge in [-0.15, -0.1) is 0 Å². The zero-order valence-electron chi connectivity index (χ0n) is 9.80. The summed E-state index contributed by atoms with van der Waals surface area (Å²) in [5.41, 5.74) is 6.09. The Morgan fingerprint density at radius 2 is 2.38 bits per heavy atom. The number of hydrogen-bond donors (Lipinski definition) is 1. The largest absolute Gasteiger partial charge is 0.480 e. The third kappa shape index (κ3) is 2.93. The normalized spacial score (nSPS) is 12.0. The Bertz CT molecular complexity index is 366. The van der Waals surface area contributed by atoms with E-state index in [-0.39, 0.29) is 11.9 Å². The van der Waals surface area contributed by atoms with Crippen LogP contribution in [0.4, 0.5) is 0 Å². The van der Waals surface area contributed by atoms with E-state index < -0.39 is 0 Å². The highest BCUT2D eigenvalue weighted by Gasteiger charge is 2.17. The van der Waals surface area contributed by atoms with Crippen LogP contribution in [-0.2, 0) is 0 Å². The molecule has 0 aliphatic rings. The fourth-order valence-corrected chi connectivity index (χ4v) is 1.44. The van der Waals surface area contributed by atoms with Gasteiger partial charge in [-0.25, -0.2) is 4.98 Å². The van der Waals surface area contributed by atoms with Crippen LogP contribution in [0.15, 0.2) is 18.3 Å². The van der Waals surface area contributed by atoms with Crippen LogP contribution in [0.2, 0.25) is 0 Å². The molecule has 0 bridgehead atoms. The average molecular weight is 223 g/mol. The van der Waals surface area contributed by atoms with E-state index in [1.807, 2.05) is 6.92 Å². The van der Waals surface area contributed by atoms with Gasteiger partial charge in [-0.3, -0.25) is 4.79 Å². The highest BCUT2D eigenvalue weighted by atomic mass is 16.5. The molecule has 1 unspecified atom stereocenters. The first-order valence-electron chi connectivity index (χ1n) is 5.06. The second kappa shape index (κ2) is 5.46. The molecule has 1 aromatic rings. The summed E-state index contributed by atoms with van der Waals surface area (Å²) in [6.45, 7) is 2.35. The second-order valence-corrected chi connectivity index (χ2v) is 3.72. The number of ether oxygens (including phenoxy) is 1. The van der Waals surface area contributed by atoms with Crippen LogP contribution in [-0.4, -0.2) is 42.5 Å². The van der Waals surface area contributed by atoms with Crippen LogP contribution in [0, 0.1) is 0 Å². The molecule has 1 rings (SSSR count). The number of carbonyl (C=O) groups excluding carboxylic acids is 1. The summed E-state index contributed by atoms with van der Waals surface area (Å²) in [7, 11) is 3.20. The minimum Gasteiger partial charge on any atom is -0.480 e. The first-order valence-corrected chi connectivity index (χ1v) is 5.06. The molecule has 1 amide bonds. The van der Waals surface area contributed by atoms with E-state index >= 15 is 0 Å². The fraction of sp³-hybridized carbons (Fsp3) is 0.455. The second-order valence-electron chi connectivity index (χ2n) is 3.72. The molecular formula is C11H17N3O2. The zero-order chi connectivity index (χ0) is 12.1. The van der Waals surface area contributed by atoms with Crippen molar-refractivity contribution in [3.8, 4) is 5.88 Å². The van der Waals surface area contributed by atoms with Crippen LogP contribution < -0.4 is 10.5 Å². The molecule has 0 radical (unpaired) electrons. The maximum absolute atomic E-state index is 12.0. The Hall–Kier alpha value is -1.62. The number of rotatable bonds is 4. The van der Waals surface area contributed by atoms with Gasteiger partial charge in [0, 0.05) is 25.8 Å². The Labute approximate surface area is 95.2 Å². The number of amides is 1.